The molecule has 0 aromatic heterocycles. The molecule has 3 fully saturated rings. The van der Waals surface area contributed by atoms with Gasteiger partial charge in [0.05, 0.1) is 6.04 Å². The number of hydrogen-bond donors (Lipinski definition) is 0. The van der Waals surface area contributed by atoms with E-state index < -0.39 is 0 Å². The Morgan fingerprint density at radius 3 is 2.74 bits per heavy atom. The summed E-state index contributed by atoms with van der Waals surface area (Å²) in [5.41, 5.74) is 1.04. The molecule has 3 saturated heterocycles. The number of aldehydes is 1. The minimum atomic E-state index is -0.377. The molecular formula is C14H18N2O3. The molecule has 0 unspecified atom stereocenters. The number of fused-ring (bicyclic) bond motifs is 2. The number of nitrogens with zero attached hydrogens (tertiary/aromatic N) is 2. The molecule has 0 spiro atoms. The molecule has 0 bridgehead atoms. The highest BCUT2D eigenvalue weighted by Gasteiger charge is 2.53. The van der Waals surface area contributed by atoms with E-state index in [-0.39, 0.29) is 29.9 Å². The predicted octanol–water partition coefficient (Wildman–Crippen LogP) is 0.496. The van der Waals surface area contributed by atoms with E-state index in [2.05, 4.69) is 0 Å². The van der Waals surface area contributed by atoms with Gasteiger partial charge in [0, 0.05) is 13.0 Å². The third-order valence-corrected chi connectivity index (χ3v) is 4.58. The van der Waals surface area contributed by atoms with Crippen molar-refractivity contribution in [3.05, 3.63) is 11.6 Å². The summed E-state index contributed by atoms with van der Waals surface area (Å²) in [5.74, 6) is 0.0978. The van der Waals surface area contributed by atoms with E-state index >= 15 is 0 Å². The molecule has 0 aromatic rings. The molecule has 3 heterocycles. The third kappa shape index (κ3) is 1.64. The maximum atomic E-state index is 12.6. The minimum Gasteiger partial charge on any atom is -0.329 e. The van der Waals surface area contributed by atoms with Crippen molar-refractivity contribution in [3.8, 4) is 0 Å². The number of hydrogen-bond acceptors (Lipinski definition) is 3. The topological polar surface area (TPSA) is 57.7 Å². The smallest absolute Gasteiger partial charge is 0.246 e. The average molecular weight is 262 g/mol. The van der Waals surface area contributed by atoms with Crippen LogP contribution in [-0.4, -0.2) is 52.6 Å². The number of piperazine rings is 1. The Morgan fingerprint density at radius 1 is 1.26 bits per heavy atom. The first-order valence-corrected chi connectivity index (χ1v) is 6.90. The second-order valence-corrected chi connectivity index (χ2v) is 5.44. The molecule has 2 amide bonds. The van der Waals surface area contributed by atoms with Crippen molar-refractivity contribution in [3.63, 3.8) is 0 Å². The molecular weight excluding hydrogens is 244 g/mol. The van der Waals surface area contributed by atoms with E-state index in [0.717, 1.165) is 24.7 Å². The molecule has 0 radical (unpaired) electrons. The second kappa shape index (κ2) is 4.47. The van der Waals surface area contributed by atoms with Crippen LogP contribution in [0.2, 0.25) is 0 Å². The molecule has 0 aliphatic carbocycles. The van der Waals surface area contributed by atoms with Crippen LogP contribution in [0.3, 0.4) is 0 Å². The van der Waals surface area contributed by atoms with Gasteiger partial charge in [-0.25, -0.2) is 0 Å². The number of carbonyl (C=O) groups is 3. The zero-order valence-electron chi connectivity index (χ0n) is 11.0. The summed E-state index contributed by atoms with van der Waals surface area (Å²) in [6.45, 7) is 2.60. The molecule has 3 aliphatic rings. The van der Waals surface area contributed by atoms with Crippen LogP contribution in [0.4, 0.5) is 0 Å². The lowest BCUT2D eigenvalue weighted by Crippen LogP contribution is -2.62. The maximum absolute atomic E-state index is 12.6. The Bertz CT molecular complexity index is 471. The first-order valence-electron chi connectivity index (χ1n) is 6.90. The van der Waals surface area contributed by atoms with Crippen molar-refractivity contribution in [2.45, 2.75) is 50.7 Å². The Hall–Kier alpha value is -1.65. The first kappa shape index (κ1) is 12.4. The highest BCUT2D eigenvalue weighted by Crippen LogP contribution is 2.38. The number of rotatable bonds is 2. The van der Waals surface area contributed by atoms with Crippen LogP contribution in [0, 0.1) is 0 Å². The van der Waals surface area contributed by atoms with Crippen molar-refractivity contribution >= 4 is 18.1 Å². The fraction of sp³-hybridized carbons (Fsp3) is 0.643. The van der Waals surface area contributed by atoms with E-state index in [0.29, 0.717) is 19.4 Å². The van der Waals surface area contributed by atoms with Gasteiger partial charge in [0.1, 0.15) is 18.4 Å². The van der Waals surface area contributed by atoms with Gasteiger partial charge in [0.15, 0.2) is 0 Å². The summed E-state index contributed by atoms with van der Waals surface area (Å²) < 4.78 is 0. The predicted molar refractivity (Wildman–Crippen MR) is 68.2 cm³/mol. The van der Waals surface area contributed by atoms with Crippen molar-refractivity contribution in [2.24, 2.45) is 0 Å². The molecule has 19 heavy (non-hydrogen) atoms. The molecule has 102 valence electrons. The zero-order valence-corrected chi connectivity index (χ0v) is 11.0. The van der Waals surface area contributed by atoms with E-state index in [1.165, 1.54) is 0 Å². The van der Waals surface area contributed by atoms with Crippen molar-refractivity contribution < 1.29 is 14.4 Å². The average Bonchev–Trinajstić information content (AvgIpc) is 3.01. The summed E-state index contributed by atoms with van der Waals surface area (Å²) in [6.07, 6.45) is 5.32. The van der Waals surface area contributed by atoms with Crippen LogP contribution in [0.1, 0.15) is 32.6 Å². The van der Waals surface area contributed by atoms with E-state index in [1.54, 1.807) is 9.80 Å². The Morgan fingerprint density at radius 2 is 2.05 bits per heavy atom. The highest BCUT2D eigenvalue weighted by molar-refractivity contribution is 5.99. The third-order valence-electron chi connectivity index (χ3n) is 4.58. The quantitative estimate of drug-likeness (QED) is 0.538. The molecule has 0 saturated carbocycles. The maximum Gasteiger partial charge on any atom is 0.246 e. The SMILES string of the molecule is C/C=C1\C[C@H]2C(=O)N3CCC[C@H]3C(=O)N2[C@H]1CC=O. The van der Waals surface area contributed by atoms with Gasteiger partial charge in [-0.3, -0.25) is 9.59 Å². The summed E-state index contributed by atoms with van der Waals surface area (Å²) in [6, 6.07) is -0.862. The molecule has 3 aliphatic heterocycles. The van der Waals surface area contributed by atoms with Crippen LogP contribution < -0.4 is 0 Å². The molecule has 3 atom stereocenters. The normalized spacial score (nSPS) is 35.8. The lowest BCUT2D eigenvalue weighted by atomic mass is 10.0. The van der Waals surface area contributed by atoms with Crippen LogP contribution in [0.25, 0.3) is 0 Å². The van der Waals surface area contributed by atoms with Gasteiger partial charge in [-0.1, -0.05) is 6.08 Å². The van der Waals surface area contributed by atoms with Crippen LogP contribution >= 0.6 is 0 Å². The zero-order chi connectivity index (χ0) is 13.6. The largest absolute Gasteiger partial charge is 0.329 e. The molecule has 0 N–H and O–H groups in total. The van der Waals surface area contributed by atoms with Crippen molar-refractivity contribution in [1.29, 1.82) is 0 Å². The Labute approximate surface area is 112 Å². The highest BCUT2D eigenvalue weighted by atomic mass is 16.2. The standard InChI is InChI=1S/C14H18N2O3/c1-2-9-8-12-13(18)15-6-3-4-11(15)14(19)16(12)10(9)5-7-17/h2,7,10-12H,3-6,8H2,1H3/b9-2+/t10-,11-,12-/m0/s1. The van der Waals surface area contributed by atoms with E-state index in [4.69, 9.17) is 0 Å². The van der Waals surface area contributed by atoms with Gasteiger partial charge in [-0.15, -0.1) is 0 Å². The lowest BCUT2D eigenvalue weighted by molar-refractivity contribution is -0.159. The van der Waals surface area contributed by atoms with Gasteiger partial charge in [-0.2, -0.15) is 0 Å². The van der Waals surface area contributed by atoms with E-state index in [9.17, 15) is 14.4 Å². The van der Waals surface area contributed by atoms with Crippen LogP contribution in [-0.2, 0) is 14.4 Å². The number of allylic oxidation sites excluding steroid dienone is 1. The van der Waals surface area contributed by atoms with E-state index in [1.807, 2.05) is 13.0 Å². The van der Waals surface area contributed by atoms with Crippen LogP contribution in [0.5, 0.6) is 0 Å². The second-order valence-electron chi connectivity index (χ2n) is 5.44. The summed E-state index contributed by atoms with van der Waals surface area (Å²) in [4.78, 5) is 39.3. The summed E-state index contributed by atoms with van der Waals surface area (Å²) in [7, 11) is 0. The molecule has 3 rings (SSSR count). The monoisotopic (exact) mass is 262 g/mol. The van der Waals surface area contributed by atoms with Gasteiger partial charge in [-0.05, 0) is 31.8 Å². The molecule has 5 heteroatoms. The van der Waals surface area contributed by atoms with Gasteiger partial charge < -0.3 is 14.6 Å². The lowest BCUT2D eigenvalue weighted by Gasteiger charge is -2.40. The first-order chi connectivity index (χ1) is 9.19. The summed E-state index contributed by atoms with van der Waals surface area (Å²) >= 11 is 0. The Balaban J connectivity index is 1.98. The fourth-order valence-electron chi connectivity index (χ4n) is 3.68. The van der Waals surface area contributed by atoms with Crippen molar-refractivity contribution in [1.82, 2.24) is 9.80 Å². The van der Waals surface area contributed by atoms with Gasteiger partial charge in [0.2, 0.25) is 11.8 Å². The minimum absolute atomic E-state index is 0.0331. The van der Waals surface area contributed by atoms with Crippen molar-refractivity contribution in [2.75, 3.05) is 6.54 Å². The summed E-state index contributed by atoms with van der Waals surface area (Å²) in [5, 5.41) is 0. The molecule has 0 aromatic carbocycles. The number of carbonyl (C=O) groups excluding carboxylic acids is 3. The number of amides is 2. The van der Waals surface area contributed by atoms with Gasteiger partial charge in [0.25, 0.3) is 0 Å². The van der Waals surface area contributed by atoms with Gasteiger partial charge >= 0.3 is 0 Å². The fourth-order valence-corrected chi connectivity index (χ4v) is 3.68. The Kier molecular flexibility index (Phi) is 2.92. The molecule has 5 nitrogen and oxygen atoms in total. The van der Waals surface area contributed by atoms with Crippen LogP contribution in [0.15, 0.2) is 11.6 Å².